The van der Waals surface area contributed by atoms with Crippen LogP contribution in [0.1, 0.15) is 6.42 Å². The number of aliphatic hydroxyl groups excluding tert-OH is 24. The highest BCUT2D eigenvalue weighted by Gasteiger charge is 2.61. The summed E-state index contributed by atoms with van der Waals surface area (Å²) in [6.07, 6.45) is -74.6. The van der Waals surface area contributed by atoms with Gasteiger partial charge in [0, 0.05) is 6.42 Å². The second kappa shape index (κ2) is 33.8. The van der Waals surface area contributed by atoms with E-state index in [0.29, 0.717) is 0 Å². The number of ether oxygens (including phenoxy) is 14. The Morgan fingerprint density at radius 2 is 0.860 bits per heavy atom. The molecule has 0 aromatic carbocycles. The van der Waals surface area contributed by atoms with Crippen LogP contribution in [0.3, 0.4) is 0 Å². The summed E-state index contributed by atoms with van der Waals surface area (Å²) in [6, 6.07) is -4.84. The van der Waals surface area contributed by atoms with Crippen molar-refractivity contribution in [1.82, 2.24) is 0 Å². The molecule has 7 aliphatic heterocycles. The molecule has 0 aromatic rings. The van der Waals surface area contributed by atoms with Crippen LogP contribution in [0.5, 0.6) is 0 Å². The van der Waals surface area contributed by atoms with Gasteiger partial charge >= 0.3 is 5.97 Å². The van der Waals surface area contributed by atoms with E-state index >= 15 is 0 Å². The van der Waals surface area contributed by atoms with Gasteiger partial charge in [0.15, 0.2) is 37.7 Å². The van der Waals surface area contributed by atoms with E-state index in [0.717, 1.165) is 0 Å². The molecule has 7 aliphatic rings. The first-order chi connectivity index (χ1) is 43.9. The molecule has 0 aliphatic carbocycles. The molecule has 7 heterocycles. The lowest BCUT2D eigenvalue weighted by Gasteiger charge is -2.52. The standard InChI is InChI=1S/C50H89N3O40/c51-11(2-54)23(64)24(65)14(63)9-80-43-21(52)30(71)28(69)20(87-43)10-81-50(49(78)79)1-12(61)37(38(93-50)13(62)3-55)88-47-41(91-46-35(76)33(74)27(68)17(6-58)84-46)36(77)39(19(8-60)86-47)89-48-42(92-44-22(53)31(72)25(66)15(4-56)82-44)40(29(70)18(7-59)85-48)90-45-34(75)32(73)26(67)16(5-57)83-45/h11-48,54-77H,1-10,51-53H2,(H,78,79)/t11-,12+,13+,14+,15+,16+,17+,18+,19+,20+,21+,22+,23+,24+,25-,26+,27+,28+,29+,30+,31+,32-,33-,34+,35+,36-,37+,38+,39+,40-,41-,42-,43+,44+,45+,46-,47+,48-,50+/m0/s1. The fraction of sp³-hybridized carbons (Fsp3) is 0.980. The summed E-state index contributed by atoms with van der Waals surface area (Å²) in [5.74, 6) is -5.26. The van der Waals surface area contributed by atoms with Crippen LogP contribution in [0.2, 0.25) is 0 Å². The van der Waals surface area contributed by atoms with Crippen molar-refractivity contribution in [2.75, 3.05) is 59.5 Å². The second-order valence-electron chi connectivity index (χ2n) is 23.4. The van der Waals surface area contributed by atoms with Crippen molar-refractivity contribution in [2.45, 2.75) is 245 Å². The van der Waals surface area contributed by atoms with Crippen molar-refractivity contribution in [3.63, 3.8) is 0 Å². The number of carboxylic acids is 1. The number of aliphatic hydroxyl groups is 24. The average Bonchev–Trinajstić information content (AvgIpc) is 0.768. The SMILES string of the molecule is N[C@H]1[C@@H](O[C@@H]2[C@H](O[C@H]3[C@H](O)[C@H](O[C@@H]4O[C@H](CO)[C@@H](O)[C@H](O)[C@H]4O)[C@@H](O[C@H]4[C@@H]([C@H](O)CO)O[C@@](OC[C@H]5O[C@@H](OC[C@@H](O)[C@@H](O)[C@H](O)[C@@H](N)CO)[C@H](N)[C@@H](O)[C@@H]5O)(C(=O)O)C[C@H]4O)O[C@@H]3CO)O[C@H](CO)[C@@H](O)[C@@H]2O[C@H]2O[C@H](CO)[C@@H](O)[C@H](O)[C@H]2O)O[C@H](CO)[C@H](O)[C@@H]1O. The molecule has 7 rings (SSSR count). The predicted molar refractivity (Wildman–Crippen MR) is 284 cm³/mol. The van der Waals surface area contributed by atoms with E-state index in [1.54, 1.807) is 0 Å². The van der Waals surface area contributed by atoms with E-state index in [9.17, 15) is 132 Å². The summed E-state index contributed by atoms with van der Waals surface area (Å²) in [6.45, 7) is -9.72. The fourth-order valence-electron chi connectivity index (χ4n) is 11.4. The number of hydrogen-bond donors (Lipinski definition) is 28. The molecule has 0 aromatic heterocycles. The first-order valence-corrected chi connectivity index (χ1v) is 29.4. The Bertz CT molecular complexity index is 2270. The van der Waals surface area contributed by atoms with Gasteiger partial charge in [0.05, 0.1) is 89.8 Å². The van der Waals surface area contributed by atoms with Crippen molar-refractivity contribution < 1.29 is 199 Å². The molecule has 544 valence electrons. The van der Waals surface area contributed by atoms with Crippen molar-refractivity contribution in [1.29, 1.82) is 0 Å². The van der Waals surface area contributed by atoms with E-state index in [-0.39, 0.29) is 0 Å². The Kier molecular flexibility index (Phi) is 28.4. The number of aliphatic carboxylic acids is 1. The van der Waals surface area contributed by atoms with Gasteiger partial charge in [-0.2, -0.15) is 0 Å². The van der Waals surface area contributed by atoms with Crippen LogP contribution in [0.4, 0.5) is 0 Å². The number of hydrogen-bond acceptors (Lipinski definition) is 42. The lowest BCUT2D eigenvalue weighted by molar-refractivity contribution is -0.415. The minimum absolute atomic E-state index is 0.808. The van der Waals surface area contributed by atoms with E-state index in [1.807, 2.05) is 0 Å². The predicted octanol–water partition coefficient (Wildman–Crippen LogP) is -19.1. The Balaban J connectivity index is 1.20. The molecular formula is C50H89N3O40. The van der Waals surface area contributed by atoms with Gasteiger partial charge in [-0.05, 0) is 0 Å². The van der Waals surface area contributed by atoms with Crippen molar-refractivity contribution in [2.24, 2.45) is 17.2 Å². The monoisotopic (exact) mass is 1370 g/mol. The molecule has 0 spiro atoms. The minimum Gasteiger partial charge on any atom is -0.477 e. The molecule has 0 saturated carbocycles. The summed E-state index contributed by atoms with van der Waals surface area (Å²) in [5, 5.41) is 269. The molecule has 39 atom stereocenters. The smallest absolute Gasteiger partial charge is 0.364 e. The summed E-state index contributed by atoms with van der Waals surface area (Å²) in [7, 11) is 0. The van der Waals surface area contributed by atoms with E-state index < -0.39 is 311 Å². The molecule has 7 saturated heterocycles. The number of nitrogens with two attached hydrogens (primary N) is 3. The third kappa shape index (κ3) is 16.8. The van der Waals surface area contributed by atoms with E-state index in [4.69, 9.17) is 83.5 Å². The molecule has 31 N–H and O–H groups in total. The Morgan fingerprint density at radius 3 is 1.38 bits per heavy atom. The lowest BCUT2D eigenvalue weighted by atomic mass is 9.91. The van der Waals surface area contributed by atoms with Crippen molar-refractivity contribution >= 4 is 5.97 Å². The van der Waals surface area contributed by atoms with Crippen LogP contribution in [-0.2, 0) is 71.1 Å². The van der Waals surface area contributed by atoms with Crippen LogP contribution >= 0.6 is 0 Å². The summed E-state index contributed by atoms with van der Waals surface area (Å²) in [5.41, 5.74) is 17.7. The zero-order valence-corrected chi connectivity index (χ0v) is 49.0. The minimum atomic E-state index is -3.18. The molecule has 93 heavy (non-hydrogen) atoms. The average molecular weight is 1370 g/mol. The molecule has 0 bridgehead atoms. The molecule has 43 nitrogen and oxygen atoms in total. The summed E-state index contributed by atoms with van der Waals surface area (Å²) >= 11 is 0. The van der Waals surface area contributed by atoms with Crippen molar-refractivity contribution in [3.8, 4) is 0 Å². The second-order valence-corrected chi connectivity index (χ2v) is 23.4. The van der Waals surface area contributed by atoms with Crippen LogP contribution in [-0.4, -0.2) is 432 Å². The first kappa shape index (κ1) is 78.2. The normalized spacial score (nSPS) is 48.5. The third-order valence-electron chi connectivity index (χ3n) is 17.1. The topological polar surface area (TPSA) is 730 Å². The lowest BCUT2D eigenvalue weighted by Crippen LogP contribution is -2.70. The fourth-order valence-corrected chi connectivity index (χ4v) is 11.4. The Labute approximate surface area is 525 Å². The number of carbonyl (C=O) groups is 1. The number of rotatable bonds is 28. The number of carboxylic acid groups (broad SMARTS) is 1. The molecule has 0 amide bonds. The molecule has 43 heteroatoms. The van der Waals surface area contributed by atoms with Gasteiger partial charge in [0.2, 0.25) is 0 Å². The van der Waals surface area contributed by atoms with Crippen LogP contribution < -0.4 is 17.2 Å². The van der Waals surface area contributed by atoms with Gasteiger partial charge < -0.3 is 211 Å². The highest BCUT2D eigenvalue weighted by Crippen LogP contribution is 2.41. The third-order valence-corrected chi connectivity index (χ3v) is 17.1. The molecule has 0 radical (unpaired) electrons. The largest absolute Gasteiger partial charge is 0.477 e. The van der Waals surface area contributed by atoms with Gasteiger partial charge in [-0.3, -0.25) is 0 Å². The maximum Gasteiger partial charge on any atom is 0.364 e. The van der Waals surface area contributed by atoms with Gasteiger partial charge in [-0.25, -0.2) is 4.79 Å². The summed E-state index contributed by atoms with van der Waals surface area (Å²) < 4.78 is 81.4. The molecule has 7 fully saturated rings. The van der Waals surface area contributed by atoms with E-state index in [2.05, 4.69) is 0 Å². The Hall–Kier alpha value is -2.17. The molecule has 0 unspecified atom stereocenters. The van der Waals surface area contributed by atoms with Gasteiger partial charge in [0.25, 0.3) is 5.79 Å². The van der Waals surface area contributed by atoms with Crippen molar-refractivity contribution in [3.05, 3.63) is 0 Å². The quantitative estimate of drug-likeness (QED) is 0.0346. The highest BCUT2D eigenvalue weighted by molar-refractivity contribution is 5.76. The molecular weight excluding hydrogens is 1280 g/mol. The maximum atomic E-state index is 13.3. The maximum absolute atomic E-state index is 13.3. The highest BCUT2D eigenvalue weighted by atomic mass is 16.8. The van der Waals surface area contributed by atoms with Crippen LogP contribution in [0, 0.1) is 0 Å². The zero-order valence-electron chi connectivity index (χ0n) is 49.0. The van der Waals surface area contributed by atoms with Crippen LogP contribution in [0.25, 0.3) is 0 Å². The van der Waals surface area contributed by atoms with Gasteiger partial charge in [-0.15, -0.1) is 0 Å². The first-order valence-electron chi connectivity index (χ1n) is 29.4. The Morgan fingerprint density at radius 1 is 0.441 bits per heavy atom. The zero-order chi connectivity index (χ0) is 69.0. The van der Waals surface area contributed by atoms with Gasteiger partial charge in [0.1, 0.15) is 165 Å². The van der Waals surface area contributed by atoms with E-state index in [1.165, 1.54) is 0 Å². The summed E-state index contributed by atoms with van der Waals surface area (Å²) in [4.78, 5) is 13.3. The van der Waals surface area contributed by atoms with Gasteiger partial charge in [-0.1, -0.05) is 0 Å². The van der Waals surface area contributed by atoms with Crippen LogP contribution in [0.15, 0.2) is 0 Å².